The Morgan fingerprint density at radius 1 is 0.976 bits per heavy atom. The van der Waals surface area contributed by atoms with Gasteiger partial charge in [0, 0.05) is 41.8 Å². The number of carbonyl (C=O) groups is 5. The van der Waals surface area contributed by atoms with Crippen LogP contribution in [-0.2, 0) is 36.8 Å². The Morgan fingerprint density at radius 3 is 2.32 bits per heavy atom. The van der Waals surface area contributed by atoms with Gasteiger partial charge < -0.3 is 42.5 Å². The minimum Gasteiger partial charge on any atom is -0.480 e. The number of amides is 4. The Labute approximate surface area is 239 Å². The van der Waals surface area contributed by atoms with Crippen LogP contribution in [0.2, 0.25) is 0 Å². The van der Waals surface area contributed by atoms with E-state index in [-0.39, 0.29) is 12.8 Å². The van der Waals surface area contributed by atoms with Crippen LogP contribution in [0.3, 0.4) is 0 Å². The number of nitrogens with one attached hydrogen (secondary N) is 5. The van der Waals surface area contributed by atoms with E-state index in [1.807, 2.05) is 24.5 Å². The average molecular weight is 587 g/mol. The molecule has 15 heteroatoms. The molecule has 4 amide bonds. The molecule has 0 bridgehead atoms. The minimum atomic E-state index is -1.50. The van der Waals surface area contributed by atoms with Crippen LogP contribution >= 0.6 is 11.8 Å². The lowest BCUT2D eigenvalue weighted by Gasteiger charge is -2.24. The molecule has 0 radical (unpaired) electrons. The van der Waals surface area contributed by atoms with Crippen molar-refractivity contribution in [1.82, 2.24) is 30.9 Å². The molecule has 4 atom stereocenters. The number of benzene rings is 1. The quantitative estimate of drug-likeness (QED) is 0.104. The smallest absolute Gasteiger partial charge is 0.326 e. The molecule has 0 fully saturated rings. The molecule has 0 aliphatic rings. The maximum absolute atomic E-state index is 13.3. The van der Waals surface area contributed by atoms with Crippen LogP contribution in [0.5, 0.6) is 0 Å². The van der Waals surface area contributed by atoms with Crippen molar-refractivity contribution in [1.29, 1.82) is 0 Å². The Bertz CT molecular complexity index is 1360. The zero-order valence-corrected chi connectivity index (χ0v) is 23.2. The van der Waals surface area contributed by atoms with Gasteiger partial charge in [0.1, 0.15) is 18.1 Å². The fraction of sp³-hybridized carbons (Fsp3) is 0.385. The number of carboxylic acids is 1. The Morgan fingerprint density at radius 2 is 1.66 bits per heavy atom. The maximum Gasteiger partial charge on any atom is 0.326 e. The molecule has 220 valence electrons. The molecule has 2 heterocycles. The number of para-hydroxylation sites is 1. The predicted molar refractivity (Wildman–Crippen MR) is 153 cm³/mol. The number of aromatic amines is 2. The van der Waals surface area contributed by atoms with Crippen LogP contribution < -0.4 is 27.4 Å². The van der Waals surface area contributed by atoms with Gasteiger partial charge in [-0.05, 0) is 30.1 Å². The molecule has 3 aromatic rings. The third-order valence-electron chi connectivity index (χ3n) is 6.33. The summed E-state index contributed by atoms with van der Waals surface area (Å²) in [6.07, 6.45) is 6.10. The molecular formula is C26H34N8O6S. The van der Waals surface area contributed by atoms with E-state index in [0.717, 1.165) is 10.9 Å². The lowest BCUT2D eigenvalue weighted by atomic mass is 10.0. The first kappa shape index (κ1) is 31.2. The van der Waals surface area contributed by atoms with Crippen LogP contribution in [0.4, 0.5) is 0 Å². The van der Waals surface area contributed by atoms with Gasteiger partial charge in [-0.15, -0.1) is 0 Å². The van der Waals surface area contributed by atoms with Gasteiger partial charge in [-0.1, -0.05) is 18.2 Å². The summed E-state index contributed by atoms with van der Waals surface area (Å²) in [5, 5.41) is 18.0. The van der Waals surface area contributed by atoms with Gasteiger partial charge in [-0.2, -0.15) is 11.8 Å². The highest BCUT2D eigenvalue weighted by atomic mass is 32.2. The summed E-state index contributed by atoms with van der Waals surface area (Å²) in [6.45, 7) is 0. The van der Waals surface area contributed by atoms with Crippen molar-refractivity contribution in [2.24, 2.45) is 11.5 Å². The van der Waals surface area contributed by atoms with Gasteiger partial charge in [0.05, 0.1) is 18.8 Å². The first-order chi connectivity index (χ1) is 19.6. The Hall–Kier alpha value is -4.37. The molecule has 2 aromatic heterocycles. The highest BCUT2D eigenvalue weighted by Crippen LogP contribution is 2.19. The van der Waals surface area contributed by atoms with E-state index < -0.39 is 60.2 Å². The third kappa shape index (κ3) is 9.08. The number of hydrogen-bond donors (Lipinski definition) is 8. The van der Waals surface area contributed by atoms with E-state index >= 15 is 0 Å². The van der Waals surface area contributed by atoms with E-state index in [2.05, 4.69) is 30.9 Å². The van der Waals surface area contributed by atoms with Crippen molar-refractivity contribution in [2.45, 2.75) is 49.9 Å². The summed E-state index contributed by atoms with van der Waals surface area (Å²) in [5.74, 6) is -3.86. The summed E-state index contributed by atoms with van der Waals surface area (Å²) >= 11 is 1.52. The second-order valence-corrected chi connectivity index (χ2v) is 10.4. The second-order valence-electron chi connectivity index (χ2n) is 9.42. The molecule has 0 aliphatic carbocycles. The number of carbonyl (C=O) groups excluding carboxylic acids is 4. The topological polar surface area (TPSA) is 238 Å². The predicted octanol–water partition coefficient (Wildman–Crippen LogP) is -0.829. The van der Waals surface area contributed by atoms with E-state index in [1.165, 1.54) is 24.3 Å². The largest absolute Gasteiger partial charge is 0.480 e. The zero-order valence-electron chi connectivity index (χ0n) is 22.4. The molecule has 14 nitrogen and oxygen atoms in total. The van der Waals surface area contributed by atoms with E-state index in [4.69, 9.17) is 11.5 Å². The highest BCUT2D eigenvalue weighted by Gasteiger charge is 2.32. The number of primary amides is 1. The van der Waals surface area contributed by atoms with Crippen molar-refractivity contribution in [3.8, 4) is 0 Å². The molecule has 0 saturated carbocycles. The number of rotatable bonds is 16. The lowest BCUT2D eigenvalue weighted by molar-refractivity contribution is -0.142. The van der Waals surface area contributed by atoms with Crippen LogP contribution in [0, 0.1) is 0 Å². The number of aliphatic carboxylic acids is 1. The van der Waals surface area contributed by atoms with Crippen molar-refractivity contribution in [2.75, 3.05) is 12.0 Å². The van der Waals surface area contributed by atoms with Gasteiger partial charge in [-0.25, -0.2) is 9.78 Å². The molecule has 41 heavy (non-hydrogen) atoms. The number of hydrogen-bond acceptors (Lipinski definition) is 8. The highest BCUT2D eigenvalue weighted by molar-refractivity contribution is 7.98. The number of nitrogens with zero attached hydrogens (tertiary/aromatic N) is 1. The third-order valence-corrected chi connectivity index (χ3v) is 6.98. The van der Waals surface area contributed by atoms with E-state index in [0.29, 0.717) is 23.4 Å². The Kier molecular flexibility index (Phi) is 11.3. The van der Waals surface area contributed by atoms with Gasteiger partial charge in [-0.3, -0.25) is 19.2 Å². The summed E-state index contributed by atoms with van der Waals surface area (Å²) in [5.41, 5.74) is 13.3. The molecule has 0 aliphatic heterocycles. The second kappa shape index (κ2) is 14.9. The summed E-state index contributed by atoms with van der Waals surface area (Å²) < 4.78 is 0. The fourth-order valence-corrected chi connectivity index (χ4v) is 4.65. The summed E-state index contributed by atoms with van der Waals surface area (Å²) in [4.78, 5) is 72.8. The average Bonchev–Trinajstić information content (AvgIpc) is 3.60. The summed E-state index contributed by atoms with van der Waals surface area (Å²) in [6, 6.07) is 2.35. The monoisotopic (exact) mass is 586 g/mol. The lowest BCUT2D eigenvalue weighted by Crippen LogP contribution is -2.58. The normalized spacial score (nSPS) is 14.0. The molecule has 10 N–H and O–H groups in total. The van der Waals surface area contributed by atoms with Gasteiger partial charge >= 0.3 is 5.97 Å². The number of H-pyrrole nitrogens is 2. The minimum absolute atomic E-state index is 0.0178. The number of nitrogens with two attached hydrogens (primary N) is 2. The first-order valence-electron chi connectivity index (χ1n) is 12.8. The first-order valence-corrected chi connectivity index (χ1v) is 14.2. The van der Waals surface area contributed by atoms with Gasteiger partial charge in [0.2, 0.25) is 23.6 Å². The van der Waals surface area contributed by atoms with E-state index in [9.17, 15) is 29.1 Å². The number of carboxylic acid groups (broad SMARTS) is 1. The van der Waals surface area contributed by atoms with E-state index in [1.54, 1.807) is 12.3 Å². The molecule has 0 saturated heterocycles. The zero-order chi connectivity index (χ0) is 29.9. The van der Waals surface area contributed by atoms with Crippen LogP contribution in [0.15, 0.2) is 43.0 Å². The summed E-state index contributed by atoms with van der Waals surface area (Å²) in [7, 11) is 0. The molecule has 1 aromatic carbocycles. The number of fused-ring (bicyclic) bond motifs is 1. The number of imidazole rings is 1. The van der Waals surface area contributed by atoms with Crippen LogP contribution in [0.1, 0.15) is 24.1 Å². The molecule has 0 spiro atoms. The van der Waals surface area contributed by atoms with Crippen LogP contribution in [0.25, 0.3) is 10.9 Å². The maximum atomic E-state index is 13.3. The number of thioether (sulfide) groups is 1. The SMILES string of the molecule is CSCCC(N)C(=O)NC(Cc1cnc[nH]1)C(=O)NC(CC(N)=O)C(=O)NC(Cc1c[nH]c2ccccc12)C(=O)O. The van der Waals surface area contributed by atoms with Crippen molar-refractivity contribution in [3.63, 3.8) is 0 Å². The molecular weight excluding hydrogens is 552 g/mol. The van der Waals surface area contributed by atoms with Gasteiger partial charge in [0.15, 0.2) is 0 Å². The standard InChI is InChI=1S/C26H34N8O6S/c1-41-7-6-17(27)23(36)32-19(9-15-12-29-13-31-15)24(37)33-20(10-22(28)35)25(38)34-21(26(39)40)8-14-11-30-18-5-3-2-4-16(14)18/h2-5,11-13,17,19-21,30H,6-10,27H2,1H3,(H2,28,35)(H,29,31)(H,32,36)(H,33,37)(H,34,38)(H,39,40). The molecule has 3 rings (SSSR count). The van der Waals surface area contributed by atoms with Crippen LogP contribution in [-0.4, -0.2) is 85.8 Å². The van der Waals surface area contributed by atoms with Crippen molar-refractivity contribution in [3.05, 3.63) is 54.2 Å². The Balaban J connectivity index is 1.75. The fourth-order valence-electron chi connectivity index (χ4n) is 4.16. The van der Waals surface area contributed by atoms with Gasteiger partial charge in [0.25, 0.3) is 0 Å². The van der Waals surface area contributed by atoms with Crippen molar-refractivity contribution < 1.29 is 29.1 Å². The number of aromatic nitrogens is 3. The van der Waals surface area contributed by atoms with Crippen molar-refractivity contribution >= 4 is 52.3 Å². The molecule has 4 unspecified atom stereocenters.